The second-order valence-corrected chi connectivity index (χ2v) is 6.15. The fraction of sp³-hybridized carbons (Fsp3) is 0.500. The van der Waals surface area contributed by atoms with Gasteiger partial charge in [-0.25, -0.2) is 0 Å². The molecule has 0 aliphatic heterocycles. The van der Waals surface area contributed by atoms with Crippen LogP contribution in [0.25, 0.3) is 0 Å². The molecule has 0 N–H and O–H groups in total. The van der Waals surface area contributed by atoms with Crippen molar-refractivity contribution < 1.29 is 14.3 Å². The molecule has 5 heteroatoms. The summed E-state index contributed by atoms with van der Waals surface area (Å²) in [7, 11) is 1.32. The Labute approximate surface area is 113 Å². The Balaban J connectivity index is 2.82. The molecule has 1 atom stereocenters. The fourth-order valence-corrected chi connectivity index (χ4v) is 2.91. The summed E-state index contributed by atoms with van der Waals surface area (Å²) in [5, 5.41) is 0. The summed E-state index contributed by atoms with van der Waals surface area (Å²) >= 11 is 4.65. The number of hydrogen-bond donors (Lipinski definition) is 0. The third-order valence-electron chi connectivity index (χ3n) is 2.46. The highest BCUT2D eigenvalue weighted by Gasteiger charge is 2.28. The van der Waals surface area contributed by atoms with Gasteiger partial charge in [-0.2, -0.15) is 0 Å². The van der Waals surface area contributed by atoms with Crippen molar-refractivity contribution in [2.75, 3.05) is 7.11 Å². The van der Waals surface area contributed by atoms with Crippen LogP contribution in [0.2, 0.25) is 0 Å². The topological polar surface area (TPSA) is 43.4 Å². The van der Waals surface area contributed by atoms with E-state index >= 15 is 0 Å². The highest BCUT2D eigenvalue weighted by Crippen LogP contribution is 2.26. The lowest BCUT2D eigenvalue weighted by Gasteiger charge is -2.11. The molecule has 0 spiro atoms. The van der Waals surface area contributed by atoms with Crippen LogP contribution in [-0.2, 0) is 9.53 Å². The van der Waals surface area contributed by atoms with Crippen molar-refractivity contribution in [1.82, 2.24) is 0 Å². The van der Waals surface area contributed by atoms with E-state index in [9.17, 15) is 9.59 Å². The van der Waals surface area contributed by atoms with Crippen LogP contribution in [0.4, 0.5) is 0 Å². The molecule has 0 aromatic carbocycles. The van der Waals surface area contributed by atoms with E-state index in [4.69, 9.17) is 4.74 Å². The smallest absolute Gasteiger partial charge is 0.316 e. The van der Waals surface area contributed by atoms with Crippen LogP contribution in [-0.4, -0.2) is 18.9 Å². The summed E-state index contributed by atoms with van der Waals surface area (Å²) in [5.74, 6) is -1.24. The zero-order valence-corrected chi connectivity index (χ0v) is 12.3. The van der Waals surface area contributed by atoms with Crippen molar-refractivity contribution in [1.29, 1.82) is 0 Å². The summed E-state index contributed by atoms with van der Waals surface area (Å²) in [5.41, 5.74) is 0. The van der Waals surface area contributed by atoms with E-state index in [1.807, 2.05) is 13.0 Å². The summed E-state index contributed by atoms with van der Waals surface area (Å²) < 4.78 is 5.58. The number of ether oxygens (including phenoxy) is 1. The van der Waals surface area contributed by atoms with E-state index in [1.54, 1.807) is 6.07 Å². The zero-order valence-electron chi connectivity index (χ0n) is 9.86. The van der Waals surface area contributed by atoms with Gasteiger partial charge in [-0.15, -0.1) is 11.3 Å². The van der Waals surface area contributed by atoms with Gasteiger partial charge in [-0.05, 0) is 34.5 Å². The van der Waals surface area contributed by atoms with Crippen LogP contribution < -0.4 is 0 Å². The average molecular weight is 319 g/mol. The third-order valence-corrected chi connectivity index (χ3v) is 4.10. The van der Waals surface area contributed by atoms with Crippen molar-refractivity contribution >= 4 is 39.0 Å². The van der Waals surface area contributed by atoms with E-state index in [0.717, 1.165) is 16.6 Å². The number of carbonyl (C=O) groups is 2. The summed E-state index contributed by atoms with van der Waals surface area (Å²) in [6.45, 7) is 2.03. The maximum Gasteiger partial charge on any atom is 0.316 e. The fourth-order valence-electron chi connectivity index (χ4n) is 1.52. The molecule has 3 nitrogen and oxygen atoms in total. The Hall–Kier alpha value is -0.680. The molecule has 0 radical (unpaired) electrons. The Morgan fingerprint density at radius 2 is 2.18 bits per heavy atom. The van der Waals surface area contributed by atoms with E-state index in [2.05, 4.69) is 15.9 Å². The van der Waals surface area contributed by atoms with E-state index < -0.39 is 11.9 Å². The number of rotatable bonds is 6. The standard InChI is InChI=1S/C12H15BrO3S/c1-3-4-5-8(12(15)16-2)11(14)9-6-7-10(13)17-9/h6-8H,3-5H2,1-2H3. The van der Waals surface area contributed by atoms with Crippen LogP contribution in [0, 0.1) is 5.92 Å². The minimum atomic E-state index is -0.662. The lowest BCUT2D eigenvalue weighted by Crippen LogP contribution is -2.24. The van der Waals surface area contributed by atoms with Crippen LogP contribution in [0.3, 0.4) is 0 Å². The van der Waals surface area contributed by atoms with Crippen LogP contribution in [0.5, 0.6) is 0 Å². The molecule has 0 aliphatic carbocycles. The van der Waals surface area contributed by atoms with Crippen LogP contribution in [0.15, 0.2) is 15.9 Å². The normalized spacial score (nSPS) is 12.2. The first-order valence-electron chi connectivity index (χ1n) is 5.47. The van der Waals surface area contributed by atoms with Gasteiger partial charge in [-0.1, -0.05) is 19.8 Å². The number of esters is 1. The summed E-state index contributed by atoms with van der Waals surface area (Å²) in [4.78, 5) is 24.3. The van der Waals surface area contributed by atoms with Crippen molar-refractivity contribution in [2.24, 2.45) is 5.92 Å². The molecule has 1 heterocycles. The molecule has 1 unspecified atom stereocenters. The predicted molar refractivity (Wildman–Crippen MR) is 71.4 cm³/mol. The van der Waals surface area contributed by atoms with Gasteiger partial charge in [0, 0.05) is 0 Å². The van der Waals surface area contributed by atoms with Crippen molar-refractivity contribution in [2.45, 2.75) is 26.2 Å². The second-order valence-electron chi connectivity index (χ2n) is 3.69. The predicted octanol–water partition coefficient (Wildman–Crippen LogP) is 3.67. The first-order chi connectivity index (χ1) is 8.10. The first-order valence-corrected chi connectivity index (χ1v) is 7.08. The number of unbranched alkanes of at least 4 members (excludes halogenated alkanes) is 1. The van der Waals surface area contributed by atoms with Gasteiger partial charge >= 0.3 is 5.97 Å². The summed E-state index contributed by atoms with van der Waals surface area (Å²) in [6, 6.07) is 3.55. The number of Topliss-reactive ketones (excluding diaryl/α,β-unsaturated/α-hetero) is 1. The molecule has 0 amide bonds. The number of methoxy groups -OCH3 is 1. The molecule has 0 bridgehead atoms. The Bertz CT molecular complexity index is 400. The van der Waals surface area contributed by atoms with Crippen molar-refractivity contribution in [3.05, 3.63) is 20.8 Å². The molecule has 1 aromatic heterocycles. The number of ketones is 1. The number of hydrogen-bond acceptors (Lipinski definition) is 4. The lowest BCUT2D eigenvalue weighted by molar-refractivity contribution is -0.143. The van der Waals surface area contributed by atoms with Crippen LogP contribution >= 0.6 is 27.3 Å². The zero-order chi connectivity index (χ0) is 12.8. The van der Waals surface area contributed by atoms with Crippen molar-refractivity contribution in [3.8, 4) is 0 Å². The van der Waals surface area contributed by atoms with E-state index in [1.165, 1.54) is 18.4 Å². The first kappa shape index (κ1) is 14.4. The molecule has 0 saturated carbocycles. The Kier molecular flexibility index (Phi) is 5.85. The molecular formula is C12H15BrO3S. The third kappa shape index (κ3) is 3.92. The highest BCUT2D eigenvalue weighted by molar-refractivity contribution is 9.11. The van der Waals surface area contributed by atoms with Gasteiger partial charge in [0.1, 0.15) is 5.92 Å². The highest BCUT2D eigenvalue weighted by atomic mass is 79.9. The maximum atomic E-state index is 12.2. The van der Waals surface area contributed by atoms with E-state index in [0.29, 0.717) is 11.3 Å². The van der Waals surface area contributed by atoms with Gasteiger partial charge in [0.2, 0.25) is 0 Å². The van der Waals surface area contributed by atoms with Gasteiger partial charge < -0.3 is 4.74 Å². The largest absolute Gasteiger partial charge is 0.468 e. The van der Waals surface area contributed by atoms with Crippen LogP contribution in [0.1, 0.15) is 35.9 Å². The Morgan fingerprint density at radius 3 is 2.65 bits per heavy atom. The molecule has 94 valence electrons. The monoisotopic (exact) mass is 318 g/mol. The molecular weight excluding hydrogens is 304 g/mol. The lowest BCUT2D eigenvalue weighted by atomic mass is 9.96. The van der Waals surface area contributed by atoms with Crippen molar-refractivity contribution in [3.63, 3.8) is 0 Å². The molecule has 1 aromatic rings. The molecule has 17 heavy (non-hydrogen) atoms. The molecule has 0 aliphatic rings. The minimum Gasteiger partial charge on any atom is -0.468 e. The number of carbonyl (C=O) groups excluding carboxylic acids is 2. The number of thiophene rings is 1. The average Bonchev–Trinajstić information content (AvgIpc) is 2.75. The van der Waals surface area contributed by atoms with Gasteiger partial charge in [-0.3, -0.25) is 9.59 Å². The molecule has 0 saturated heterocycles. The maximum absolute atomic E-state index is 12.2. The Morgan fingerprint density at radius 1 is 1.47 bits per heavy atom. The molecule has 1 rings (SSSR count). The van der Waals surface area contributed by atoms with E-state index in [-0.39, 0.29) is 5.78 Å². The van der Waals surface area contributed by atoms with Gasteiger partial charge in [0.05, 0.1) is 15.8 Å². The molecule has 0 fully saturated rings. The quantitative estimate of drug-likeness (QED) is 0.456. The minimum absolute atomic E-state index is 0.138. The van der Waals surface area contributed by atoms with Gasteiger partial charge in [0.15, 0.2) is 5.78 Å². The number of halogens is 1. The SMILES string of the molecule is CCCCC(C(=O)OC)C(=O)c1ccc(Br)s1. The van der Waals surface area contributed by atoms with Gasteiger partial charge in [0.25, 0.3) is 0 Å². The second kappa shape index (κ2) is 6.91. The summed E-state index contributed by atoms with van der Waals surface area (Å²) in [6.07, 6.45) is 2.35.